The van der Waals surface area contributed by atoms with E-state index in [1.807, 2.05) is 6.92 Å². The third-order valence-electron chi connectivity index (χ3n) is 3.03. The standard InChI is InChI=1S/C14H17O.Y/c1-4-5-13-9-8-12-7-6-10(2)11(3)14(12)15-13;/h4-5,7,13H,8-9H2,1-3H3;/q-1;/b5-4+;. The van der Waals surface area contributed by atoms with Crippen LogP contribution >= 0.6 is 0 Å². The monoisotopic (exact) mass is 290 g/mol. The zero-order valence-corrected chi connectivity index (χ0v) is 13.0. The van der Waals surface area contributed by atoms with Crippen LogP contribution in [0.4, 0.5) is 0 Å². The molecule has 16 heavy (non-hydrogen) atoms. The van der Waals surface area contributed by atoms with Crippen molar-refractivity contribution in [2.45, 2.75) is 39.7 Å². The van der Waals surface area contributed by atoms with E-state index in [2.05, 4.69) is 38.1 Å². The number of allylic oxidation sites excluding steroid dienone is 1. The molecule has 2 heteroatoms. The number of fused-ring (bicyclic) bond motifs is 1. The average Bonchev–Trinajstić information content (AvgIpc) is 2.25. The molecule has 2 rings (SSSR count). The van der Waals surface area contributed by atoms with E-state index in [0.29, 0.717) is 0 Å². The van der Waals surface area contributed by atoms with Crippen molar-refractivity contribution in [3.05, 3.63) is 41.0 Å². The summed E-state index contributed by atoms with van der Waals surface area (Å²) in [6, 6.07) is 5.35. The van der Waals surface area contributed by atoms with Crippen LogP contribution in [0, 0.1) is 19.9 Å². The molecule has 0 aliphatic carbocycles. The molecular formula is C14H17OY-. The van der Waals surface area contributed by atoms with Crippen LogP contribution in [0.15, 0.2) is 18.2 Å². The smallest absolute Gasteiger partial charge is 0.113 e. The third-order valence-corrected chi connectivity index (χ3v) is 3.03. The first-order valence-electron chi connectivity index (χ1n) is 5.52. The van der Waals surface area contributed by atoms with Gasteiger partial charge in [-0.05, 0) is 19.4 Å². The van der Waals surface area contributed by atoms with Crippen molar-refractivity contribution in [2.75, 3.05) is 0 Å². The Morgan fingerprint density at radius 3 is 2.88 bits per heavy atom. The summed E-state index contributed by atoms with van der Waals surface area (Å²) in [6.45, 7) is 6.23. The quantitative estimate of drug-likeness (QED) is 0.569. The van der Waals surface area contributed by atoms with Crippen LogP contribution in [0.5, 0.6) is 5.75 Å². The number of aryl methyl sites for hydroxylation is 2. The number of benzene rings is 1. The molecule has 0 saturated carbocycles. The first-order chi connectivity index (χ1) is 7.22. The van der Waals surface area contributed by atoms with Gasteiger partial charge in [-0.25, -0.2) is 0 Å². The van der Waals surface area contributed by atoms with Crippen LogP contribution in [-0.2, 0) is 39.1 Å². The number of rotatable bonds is 1. The van der Waals surface area contributed by atoms with Gasteiger partial charge in [-0.2, -0.15) is 17.7 Å². The van der Waals surface area contributed by atoms with Crippen LogP contribution < -0.4 is 4.74 Å². The molecule has 0 fully saturated rings. The van der Waals surface area contributed by atoms with Gasteiger partial charge < -0.3 is 4.74 Å². The molecule has 0 bridgehead atoms. The van der Waals surface area contributed by atoms with Gasteiger partial charge in [-0.3, -0.25) is 0 Å². The van der Waals surface area contributed by atoms with Crippen LogP contribution in [0.3, 0.4) is 0 Å². The molecule has 1 aliphatic heterocycles. The summed E-state index contributed by atoms with van der Waals surface area (Å²) < 4.78 is 5.98. The summed E-state index contributed by atoms with van der Waals surface area (Å²) in [5.74, 6) is 1.08. The van der Waals surface area contributed by atoms with E-state index in [0.717, 1.165) is 18.6 Å². The van der Waals surface area contributed by atoms with Gasteiger partial charge >= 0.3 is 0 Å². The second-order valence-corrected chi connectivity index (χ2v) is 4.11. The van der Waals surface area contributed by atoms with Crippen molar-refractivity contribution in [1.82, 2.24) is 0 Å². The van der Waals surface area contributed by atoms with Crippen molar-refractivity contribution >= 4 is 0 Å². The Hall–Kier alpha value is -0.136. The maximum Gasteiger partial charge on any atom is 0.113 e. The minimum Gasteiger partial charge on any atom is -0.511 e. The van der Waals surface area contributed by atoms with Crippen molar-refractivity contribution in [3.8, 4) is 5.75 Å². The summed E-state index contributed by atoms with van der Waals surface area (Å²) in [5.41, 5.74) is 3.73. The van der Waals surface area contributed by atoms with E-state index in [4.69, 9.17) is 4.74 Å². The van der Waals surface area contributed by atoms with Crippen LogP contribution in [0.25, 0.3) is 0 Å². The molecule has 1 radical (unpaired) electrons. The summed E-state index contributed by atoms with van der Waals surface area (Å²) >= 11 is 0. The fourth-order valence-electron chi connectivity index (χ4n) is 1.99. The molecule has 1 heterocycles. The van der Waals surface area contributed by atoms with Crippen LogP contribution in [0.1, 0.15) is 30.0 Å². The second-order valence-electron chi connectivity index (χ2n) is 4.11. The van der Waals surface area contributed by atoms with Gasteiger partial charge in [0.1, 0.15) is 6.10 Å². The van der Waals surface area contributed by atoms with E-state index in [1.165, 1.54) is 16.7 Å². The molecule has 0 saturated heterocycles. The molecular weight excluding hydrogens is 273 g/mol. The summed E-state index contributed by atoms with van der Waals surface area (Å²) in [5, 5.41) is 0. The largest absolute Gasteiger partial charge is 0.511 e. The van der Waals surface area contributed by atoms with Gasteiger partial charge in [0.15, 0.2) is 0 Å². The maximum atomic E-state index is 5.98. The third kappa shape index (κ3) is 2.75. The van der Waals surface area contributed by atoms with Crippen molar-refractivity contribution < 1.29 is 37.4 Å². The van der Waals surface area contributed by atoms with E-state index in [1.54, 1.807) is 0 Å². The van der Waals surface area contributed by atoms with Gasteiger partial charge in [0.05, 0.1) is 0 Å². The Labute approximate surface area is 123 Å². The van der Waals surface area contributed by atoms with Gasteiger partial charge in [0, 0.05) is 38.5 Å². The van der Waals surface area contributed by atoms with E-state index in [-0.39, 0.29) is 38.8 Å². The minimum atomic E-state index is 0. The van der Waals surface area contributed by atoms with E-state index in [9.17, 15) is 0 Å². The van der Waals surface area contributed by atoms with Crippen molar-refractivity contribution in [2.24, 2.45) is 0 Å². The summed E-state index contributed by atoms with van der Waals surface area (Å²) in [7, 11) is 0. The topological polar surface area (TPSA) is 9.23 Å². The molecule has 83 valence electrons. The molecule has 1 aliphatic rings. The average molecular weight is 290 g/mol. The fourth-order valence-corrected chi connectivity index (χ4v) is 1.99. The minimum absolute atomic E-state index is 0. The van der Waals surface area contributed by atoms with Crippen LogP contribution in [-0.4, -0.2) is 6.10 Å². The molecule has 0 spiro atoms. The normalized spacial score (nSPS) is 18.8. The molecule has 1 aromatic carbocycles. The maximum absolute atomic E-state index is 5.98. The molecule has 1 atom stereocenters. The number of ether oxygens (including phenoxy) is 1. The molecule has 0 N–H and O–H groups in total. The first kappa shape index (κ1) is 13.9. The zero-order chi connectivity index (χ0) is 10.8. The Kier molecular flexibility index (Phi) is 5.20. The van der Waals surface area contributed by atoms with E-state index >= 15 is 0 Å². The van der Waals surface area contributed by atoms with Crippen molar-refractivity contribution in [3.63, 3.8) is 0 Å². The van der Waals surface area contributed by atoms with Gasteiger partial charge in [-0.15, -0.1) is 11.1 Å². The van der Waals surface area contributed by atoms with Gasteiger partial charge in [-0.1, -0.05) is 26.3 Å². The second kappa shape index (κ2) is 5.98. The zero-order valence-electron chi connectivity index (χ0n) is 10.2. The predicted molar refractivity (Wildman–Crippen MR) is 62.3 cm³/mol. The SMILES string of the molecule is C/C=C/C1CCc2c[c-]c(C)c(C)c2O1.[Y]. The Morgan fingerprint density at radius 2 is 2.19 bits per heavy atom. The summed E-state index contributed by atoms with van der Waals surface area (Å²) in [6.07, 6.45) is 6.62. The fraction of sp³-hybridized carbons (Fsp3) is 0.429. The number of hydrogen-bond acceptors (Lipinski definition) is 1. The Bertz CT molecular complexity index is 396. The molecule has 1 nitrogen and oxygen atoms in total. The number of hydrogen-bond donors (Lipinski definition) is 0. The molecule has 1 aromatic rings. The van der Waals surface area contributed by atoms with E-state index < -0.39 is 0 Å². The Morgan fingerprint density at radius 1 is 1.44 bits per heavy atom. The summed E-state index contributed by atoms with van der Waals surface area (Å²) in [4.78, 5) is 0. The Balaban J connectivity index is 0.00000128. The molecule has 0 amide bonds. The first-order valence-corrected chi connectivity index (χ1v) is 5.52. The van der Waals surface area contributed by atoms with Gasteiger partial charge in [0.2, 0.25) is 0 Å². The van der Waals surface area contributed by atoms with Crippen LogP contribution in [0.2, 0.25) is 0 Å². The van der Waals surface area contributed by atoms with Gasteiger partial charge in [0.25, 0.3) is 0 Å². The molecule has 1 unspecified atom stereocenters. The predicted octanol–water partition coefficient (Wildman–Crippen LogP) is 3.37. The van der Waals surface area contributed by atoms with Crippen molar-refractivity contribution in [1.29, 1.82) is 0 Å². The molecule has 0 aromatic heterocycles.